The van der Waals surface area contributed by atoms with Gasteiger partial charge in [0.15, 0.2) is 0 Å². The zero-order chi connectivity index (χ0) is 14.9. The smallest absolute Gasteiger partial charge is 0.220 e. The third-order valence-electron chi connectivity index (χ3n) is 5.09. The highest BCUT2D eigenvalue weighted by Crippen LogP contribution is 2.49. The minimum Gasteiger partial charge on any atom is -0.355 e. The van der Waals surface area contributed by atoms with Crippen molar-refractivity contribution in [2.24, 2.45) is 11.7 Å². The summed E-state index contributed by atoms with van der Waals surface area (Å²) in [4.78, 5) is 12.2. The minimum absolute atomic E-state index is 0. The fraction of sp³-hybridized carbons (Fsp3) is 0.588. The Balaban J connectivity index is 0.00000176. The summed E-state index contributed by atoms with van der Waals surface area (Å²) in [6, 6.07) is 8.56. The van der Waals surface area contributed by atoms with E-state index in [0.717, 1.165) is 36.7 Å². The van der Waals surface area contributed by atoms with E-state index in [-0.39, 0.29) is 29.8 Å². The van der Waals surface area contributed by atoms with Gasteiger partial charge in [-0.3, -0.25) is 4.79 Å². The first-order chi connectivity index (χ1) is 10.1. The number of nitrogens with two attached hydrogens (primary N) is 1. The van der Waals surface area contributed by atoms with Crippen LogP contribution in [0.4, 0.5) is 0 Å². The fourth-order valence-corrected chi connectivity index (χ4v) is 4.19. The zero-order valence-corrected chi connectivity index (χ0v) is 15.1. The molecular weight excluding hydrogens is 364 g/mol. The zero-order valence-electron chi connectivity index (χ0n) is 12.7. The van der Waals surface area contributed by atoms with Crippen molar-refractivity contribution in [3.63, 3.8) is 0 Å². The average Bonchev–Trinajstić information content (AvgIpc) is 3.16. The van der Waals surface area contributed by atoms with Gasteiger partial charge in [-0.05, 0) is 43.2 Å². The molecule has 2 fully saturated rings. The Morgan fingerprint density at radius 1 is 1.32 bits per heavy atom. The largest absolute Gasteiger partial charge is 0.355 e. The third-order valence-corrected chi connectivity index (χ3v) is 5.78. The van der Waals surface area contributed by atoms with E-state index in [0.29, 0.717) is 12.3 Å². The van der Waals surface area contributed by atoms with E-state index < -0.39 is 0 Å². The summed E-state index contributed by atoms with van der Waals surface area (Å²) in [7, 11) is 0. The molecule has 1 aromatic rings. The number of hydrogen-bond donors (Lipinski definition) is 2. The molecule has 1 aromatic carbocycles. The highest BCUT2D eigenvalue weighted by atomic mass is 79.9. The van der Waals surface area contributed by atoms with Crippen molar-refractivity contribution >= 4 is 34.2 Å². The maximum atomic E-state index is 12.2. The Labute approximate surface area is 147 Å². The number of hydrogen-bond acceptors (Lipinski definition) is 2. The molecule has 2 aliphatic rings. The van der Waals surface area contributed by atoms with Gasteiger partial charge in [-0.1, -0.05) is 40.5 Å². The predicted octanol–water partition coefficient (Wildman–Crippen LogP) is 3.54. The first kappa shape index (κ1) is 17.8. The quantitative estimate of drug-likeness (QED) is 0.812. The molecule has 5 heteroatoms. The lowest BCUT2D eigenvalue weighted by Gasteiger charge is -2.20. The number of carbonyl (C=O) groups is 1. The molecule has 2 atom stereocenters. The van der Waals surface area contributed by atoms with Gasteiger partial charge in [0.05, 0.1) is 0 Å². The van der Waals surface area contributed by atoms with Crippen molar-refractivity contribution in [1.29, 1.82) is 0 Å². The van der Waals surface area contributed by atoms with Crippen LogP contribution in [0, 0.1) is 5.92 Å². The Morgan fingerprint density at radius 2 is 2.05 bits per heavy atom. The van der Waals surface area contributed by atoms with E-state index in [2.05, 4.69) is 39.4 Å². The molecule has 0 saturated heterocycles. The van der Waals surface area contributed by atoms with Crippen LogP contribution in [0.2, 0.25) is 0 Å². The SMILES string of the molecule is Cl.N[C@@H]1CCC[C@H]1CC(=O)NCC1(c2ccccc2Br)CC1. The monoisotopic (exact) mass is 386 g/mol. The van der Waals surface area contributed by atoms with Crippen LogP contribution in [0.3, 0.4) is 0 Å². The number of benzene rings is 1. The van der Waals surface area contributed by atoms with Crippen molar-refractivity contribution in [1.82, 2.24) is 5.32 Å². The summed E-state index contributed by atoms with van der Waals surface area (Å²) in [6.07, 6.45) is 6.23. The van der Waals surface area contributed by atoms with Gasteiger partial charge in [-0.2, -0.15) is 0 Å². The standard InChI is InChI=1S/C17H23BrN2O.ClH/c18-14-6-2-1-5-13(14)17(8-9-17)11-20-16(21)10-12-4-3-7-15(12)19;/h1-2,5-6,12,15H,3-4,7-11,19H2,(H,20,21);1H/t12-,15+;/m0./s1. The molecule has 122 valence electrons. The molecule has 3 N–H and O–H groups in total. The summed E-state index contributed by atoms with van der Waals surface area (Å²) in [5, 5.41) is 3.14. The highest BCUT2D eigenvalue weighted by Gasteiger charge is 2.45. The van der Waals surface area contributed by atoms with Gasteiger partial charge in [-0.15, -0.1) is 12.4 Å². The number of carbonyl (C=O) groups excluding carboxylic acids is 1. The van der Waals surface area contributed by atoms with Crippen LogP contribution in [-0.4, -0.2) is 18.5 Å². The molecule has 2 aliphatic carbocycles. The molecule has 0 aliphatic heterocycles. The van der Waals surface area contributed by atoms with Crippen LogP contribution < -0.4 is 11.1 Å². The van der Waals surface area contributed by atoms with Crippen molar-refractivity contribution < 1.29 is 4.79 Å². The van der Waals surface area contributed by atoms with Crippen LogP contribution in [0.15, 0.2) is 28.7 Å². The summed E-state index contributed by atoms with van der Waals surface area (Å²) < 4.78 is 1.15. The maximum absolute atomic E-state index is 12.2. The Morgan fingerprint density at radius 3 is 2.64 bits per heavy atom. The topological polar surface area (TPSA) is 55.1 Å². The molecule has 0 heterocycles. The lowest BCUT2D eigenvalue weighted by Crippen LogP contribution is -2.35. The van der Waals surface area contributed by atoms with Crippen LogP contribution >= 0.6 is 28.3 Å². The van der Waals surface area contributed by atoms with E-state index in [1.165, 1.54) is 12.0 Å². The van der Waals surface area contributed by atoms with Crippen molar-refractivity contribution in [3.05, 3.63) is 34.3 Å². The predicted molar refractivity (Wildman–Crippen MR) is 95.2 cm³/mol. The van der Waals surface area contributed by atoms with Gasteiger partial charge in [0.25, 0.3) is 0 Å². The van der Waals surface area contributed by atoms with Gasteiger partial charge in [-0.25, -0.2) is 0 Å². The van der Waals surface area contributed by atoms with Crippen LogP contribution in [0.1, 0.15) is 44.1 Å². The molecule has 0 radical (unpaired) electrons. The van der Waals surface area contributed by atoms with E-state index >= 15 is 0 Å². The number of halogens is 2. The Bertz CT molecular complexity index is 533. The van der Waals surface area contributed by atoms with Crippen molar-refractivity contribution in [2.75, 3.05) is 6.54 Å². The van der Waals surface area contributed by atoms with E-state index in [1.807, 2.05) is 6.07 Å². The Kier molecular flexibility index (Phi) is 5.92. The van der Waals surface area contributed by atoms with Crippen LogP contribution in [0.25, 0.3) is 0 Å². The first-order valence-electron chi connectivity index (χ1n) is 7.88. The third kappa shape index (κ3) is 3.84. The molecule has 1 amide bonds. The second kappa shape index (κ2) is 7.33. The molecule has 0 unspecified atom stereocenters. The molecule has 2 saturated carbocycles. The van der Waals surface area contributed by atoms with E-state index in [4.69, 9.17) is 5.73 Å². The van der Waals surface area contributed by atoms with Gasteiger partial charge < -0.3 is 11.1 Å². The van der Waals surface area contributed by atoms with Gasteiger partial charge >= 0.3 is 0 Å². The molecule has 3 rings (SSSR count). The van der Waals surface area contributed by atoms with Gasteiger partial charge in [0.1, 0.15) is 0 Å². The molecule has 0 spiro atoms. The second-order valence-corrected chi connectivity index (χ2v) is 7.45. The van der Waals surface area contributed by atoms with E-state index in [1.54, 1.807) is 0 Å². The summed E-state index contributed by atoms with van der Waals surface area (Å²) in [5.74, 6) is 0.541. The summed E-state index contributed by atoms with van der Waals surface area (Å²) >= 11 is 3.63. The highest BCUT2D eigenvalue weighted by molar-refractivity contribution is 9.10. The van der Waals surface area contributed by atoms with Crippen LogP contribution in [-0.2, 0) is 10.2 Å². The van der Waals surface area contributed by atoms with Gasteiger partial charge in [0.2, 0.25) is 5.91 Å². The first-order valence-corrected chi connectivity index (χ1v) is 8.67. The summed E-state index contributed by atoms with van der Waals surface area (Å²) in [5.41, 5.74) is 7.51. The summed E-state index contributed by atoms with van der Waals surface area (Å²) in [6.45, 7) is 0.746. The normalized spacial score (nSPS) is 25.4. The average molecular weight is 388 g/mol. The van der Waals surface area contributed by atoms with Crippen LogP contribution in [0.5, 0.6) is 0 Å². The lowest BCUT2D eigenvalue weighted by molar-refractivity contribution is -0.122. The number of rotatable bonds is 5. The number of nitrogens with one attached hydrogen (secondary N) is 1. The fourth-order valence-electron chi connectivity index (χ4n) is 3.48. The molecule has 22 heavy (non-hydrogen) atoms. The molecule has 0 bridgehead atoms. The van der Waals surface area contributed by atoms with Crippen molar-refractivity contribution in [3.8, 4) is 0 Å². The second-order valence-electron chi connectivity index (χ2n) is 6.60. The van der Waals surface area contributed by atoms with E-state index in [9.17, 15) is 4.79 Å². The van der Waals surface area contributed by atoms with Crippen molar-refractivity contribution in [2.45, 2.75) is 50.0 Å². The molecular formula is C17H24BrClN2O. The Hall–Kier alpha value is -0.580. The maximum Gasteiger partial charge on any atom is 0.220 e. The van der Waals surface area contributed by atoms with Gasteiger partial charge in [0, 0.05) is 28.9 Å². The molecule has 0 aromatic heterocycles. The lowest BCUT2D eigenvalue weighted by atomic mass is 9.95. The molecule has 3 nitrogen and oxygen atoms in total. The minimum atomic E-state index is 0. The number of amides is 1.